The number of benzene rings is 2. The van der Waals surface area contributed by atoms with Gasteiger partial charge in [-0.25, -0.2) is 0 Å². The smallest absolute Gasteiger partial charge is 0.231 e. The van der Waals surface area contributed by atoms with Crippen molar-refractivity contribution in [3.8, 4) is 17.6 Å². The van der Waals surface area contributed by atoms with E-state index in [2.05, 4.69) is 22.0 Å². The number of hydrogen-bond acceptors (Lipinski definition) is 5. The van der Waals surface area contributed by atoms with Gasteiger partial charge in [0, 0.05) is 17.1 Å². The van der Waals surface area contributed by atoms with E-state index < -0.39 is 6.04 Å². The fourth-order valence-electron chi connectivity index (χ4n) is 3.26. The second-order valence-electron chi connectivity index (χ2n) is 6.52. The van der Waals surface area contributed by atoms with E-state index in [4.69, 9.17) is 14.7 Å². The van der Waals surface area contributed by atoms with E-state index in [1.165, 1.54) is 19.4 Å². The first-order valence-electron chi connectivity index (χ1n) is 8.89. The molecule has 0 saturated carbocycles. The predicted molar refractivity (Wildman–Crippen MR) is 110 cm³/mol. The minimum atomic E-state index is -0.452. The average molecular weight is 455 g/mol. The molecule has 2 aromatic carbocycles. The van der Waals surface area contributed by atoms with Crippen LogP contribution < -0.4 is 9.47 Å². The van der Waals surface area contributed by atoms with Crippen molar-refractivity contribution < 1.29 is 19.1 Å². The van der Waals surface area contributed by atoms with Crippen LogP contribution in [0, 0.1) is 11.3 Å². The average Bonchev–Trinajstić information content (AvgIpc) is 2.74. The Kier molecular flexibility index (Phi) is 6.35. The van der Waals surface area contributed by atoms with Crippen molar-refractivity contribution in [3.05, 3.63) is 69.8 Å². The summed E-state index contributed by atoms with van der Waals surface area (Å²) in [5.74, 6) is 0.856. The van der Waals surface area contributed by atoms with E-state index in [-0.39, 0.29) is 24.5 Å². The summed E-state index contributed by atoms with van der Waals surface area (Å²) < 4.78 is 11.3. The summed E-state index contributed by atoms with van der Waals surface area (Å²) in [6.45, 7) is 0. The van der Waals surface area contributed by atoms with E-state index >= 15 is 0 Å². The molecule has 0 N–H and O–H groups in total. The van der Waals surface area contributed by atoms with Gasteiger partial charge in [0.25, 0.3) is 0 Å². The Morgan fingerprint density at radius 2 is 1.97 bits per heavy atom. The highest BCUT2D eigenvalue weighted by molar-refractivity contribution is 9.10. The number of allylic oxidation sites excluding steroid dienone is 1. The maximum absolute atomic E-state index is 13.1. The van der Waals surface area contributed by atoms with Gasteiger partial charge in [0.05, 0.1) is 38.3 Å². The Labute approximate surface area is 177 Å². The number of carbonyl (C=O) groups excluding carboxylic acids is 2. The van der Waals surface area contributed by atoms with Crippen LogP contribution in [0.4, 0.5) is 0 Å². The lowest BCUT2D eigenvalue weighted by atomic mass is 9.95. The lowest BCUT2D eigenvalue weighted by Crippen LogP contribution is -2.35. The van der Waals surface area contributed by atoms with Crippen molar-refractivity contribution in [2.45, 2.75) is 18.9 Å². The number of amides is 1. The molecule has 1 aliphatic rings. The molecule has 1 aliphatic heterocycles. The molecule has 0 aromatic heterocycles. The molecule has 6 nitrogen and oxygen atoms in total. The number of ether oxygens (including phenoxy) is 2. The third kappa shape index (κ3) is 4.49. The molecule has 29 heavy (non-hydrogen) atoms. The third-order valence-electron chi connectivity index (χ3n) is 4.73. The molecule has 1 atom stereocenters. The molecule has 2 aromatic rings. The van der Waals surface area contributed by atoms with Gasteiger partial charge >= 0.3 is 0 Å². The van der Waals surface area contributed by atoms with Gasteiger partial charge in [0.1, 0.15) is 0 Å². The Morgan fingerprint density at radius 1 is 1.24 bits per heavy atom. The van der Waals surface area contributed by atoms with Gasteiger partial charge in [0.15, 0.2) is 17.3 Å². The van der Waals surface area contributed by atoms with Crippen LogP contribution in [0.15, 0.2) is 53.1 Å². The summed E-state index contributed by atoms with van der Waals surface area (Å²) in [7, 11) is 3.08. The topological polar surface area (TPSA) is 79.6 Å². The van der Waals surface area contributed by atoms with Gasteiger partial charge in [-0.05, 0) is 41.5 Å². The van der Waals surface area contributed by atoms with Crippen LogP contribution in [0.3, 0.4) is 0 Å². The molecule has 1 heterocycles. The molecular formula is C22H19BrN2O4. The van der Waals surface area contributed by atoms with Crippen molar-refractivity contribution in [1.82, 2.24) is 4.90 Å². The summed E-state index contributed by atoms with van der Waals surface area (Å²) >= 11 is 3.48. The van der Waals surface area contributed by atoms with Crippen molar-refractivity contribution in [1.29, 1.82) is 5.26 Å². The molecule has 0 radical (unpaired) electrons. The van der Waals surface area contributed by atoms with E-state index in [1.54, 1.807) is 42.3 Å². The molecule has 7 heteroatoms. The number of halogens is 1. The predicted octanol–water partition coefficient (Wildman–Crippen LogP) is 3.94. The zero-order valence-corrected chi connectivity index (χ0v) is 17.6. The number of nitrogens with zero attached hydrogens (tertiary/aromatic N) is 2. The van der Waals surface area contributed by atoms with Crippen molar-refractivity contribution in [2.24, 2.45) is 0 Å². The normalized spacial score (nSPS) is 15.7. The summed E-state index contributed by atoms with van der Waals surface area (Å²) in [6.07, 6.45) is 3.21. The van der Waals surface area contributed by atoms with E-state index in [0.717, 1.165) is 15.6 Å². The van der Waals surface area contributed by atoms with Gasteiger partial charge in [0.2, 0.25) is 5.91 Å². The zero-order valence-electron chi connectivity index (χ0n) is 16.0. The van der Waals surface area contributed by atoms with Crippen LogP contribution in [0.25, 0.3) is 0 Å². The second-order valence-corrected chi connectivity index (χ2v) is 7.37. The highest BCUT2D eigenvalue weighted by Gasteiger charge is 2.29. The van der Waals surface area contributed by atoms with Crippen LogP contribution >= 0.6 is 15.9 Å². The van der Waals surface area contributed by atoms with Gasteiger partial charge in [-0.3, -0.25) is 9.59 Å². The first-order valence-corrected chi connectivity index (χ1v) is 9.68. The van der Waals surface area contributed by atoms with Crippen LogP contribution in [0.1, 0.15) is 29.2 Å². The zero-order chi connectivity index (χ0) is 21.0. The van der Waals surface area contributed by atoms with Crippen LogP contribution in [0.5, 0.6) is 11.5 Å². The van der Waals surface area contributed by atoms with Gasteiger partial charge in [-0.1, -0.05) is 28.1 Å². The minimum Gasteiger partial charge on any atom is -0.493 e. The largest absolute Gasteiger partial charge is 0.493 e. The standard InChI is InChI=1S/C22H19BrN2O4/c1-28-20-9-16(18(23)12-21(20)29-2)10-22(27)25-7-6-17(26)11-19(25)15-5-3-4-14(8-15)13-24/h3-9,12,19H,10-11H2,1-2H3. The molecule has 0 spiro atoms. The highest BCUT2D eigenvalue weighted by atomic mass is 79.9. The Bertz CT molecular complexity index is 1030. The first kappa shape index (κ1) is 20.6. The lowest BCUT2D eigenvalue weighted by molar-refractivity contribution is -0.131. The number of methoxy groups -OCH3 is 2. The van der Waals surface area contributed by atoms with Crippen LogP contribution in [-0.4, -0.2) is 30.8 Å². The highest BCUT2D eigenvalue weighted by Crippen LogP contribution is 2.35. The number of carbonyl (C=O) groups is 2. The van der Waals surface area contributed by atoms with E-state index in [1.807, 2.05) is 6.07 Å². The molecule has 1 amide bonds. The van der Waals surface area contributed by atoms with E-state index in [0.29, 0.717) is 17.1 Å². The third-order valence-corrected chi connectivity index (χ3v) is 5.47. The molecule has 0 saturated heterocycles. The Hall–Kier alpha value is -3.11. The summed E-state index contributed by atoms with van der Waals surface area (Å²) in [4.78, 5) is 26.7. The Morgan fingerprint density at radius 3 is 2.66 bits per heavy atom. The molecule has 0 aliphatic carbocycles. The van der Waals surface area contributed by atoms with Crippen molar-refractivity contribution in [3.63, 3.8) is 0 Å². The van der Waals surface area contributed by atoms with E-state index in [9.17, 15) is 9.59 Å². The van der Waals surface area contributed by atoms with Crippen LogP contribution in [0.2, 0.25) is 0 Å². The quantitative estimate of drug-likeness (QED) is 0.683. The van der Waals surface area contributed by atoms with Gasteiger partial charge < -0.3 is 14.4 Å². The molecule has 0 fully saturated rings. The lowest BCUT2D eigenvalue weighted by Gasteiger charge is -2.31. The summed E-state index contributed by atoms with van der Waals surface area (Å²) in [6, 6.07) is 12.1. The Balaban J connectivity index is 1.91. The molecule has 148 valence electrons. The van der Waals surface area contributed by atoms with Gasteiger partial charge in [-0.15, -0.1) is 0 Å². The molecule has 3 rings (SSSR count). The maximum atomic E-state index is 13.1. The fourth-order valence-corrected chi connectivity index (χ4v) is 3.72. The summed E-state index contributed by atoms with van der Waals surface area (Å²) in [5.41, 5.74) is 1.98. The molecule has 1 unspecified atom stereocenters. The van der Waals surface area contributed by atoms with Crippen LogP contribution in [-0.2, 0) is 16.0 Å². The number of nitriles is 1. The van der Waals surface area contributed by atoms with Crippen molar-refractivity contribution >= 4 is 27.6 Å². The summed E-state index contributed by atoms with van der Waals surface area (Å²) in [5, 5.41) is 9.17. The number of rotatable bonds is 5. The van der Waals surface area contributed by atoms with Gasteiger partial charge in [-0.2, -0.15) is 5.26 Å². The molecule has 0 bridgehead atoms. The number of hydrogen-bond donors (Lipinski definition) is 0. The van der Waals surface area contributed by atoms with Crippen molar-refractivity contribution in [2.75, 3.05) is 14.2 Å². The number of ketones is 1. The molecular weight excluding hydrogens is 436 g/mol. The maximum Gasteiger partial charge on any atom is 0.231 e. The minimum absolute atomic E-state index is 0.0614. The SMILES string of the molecule is COc1cc(Br)c(CC(=O)N2C=CC(=O)CC2c2cccc(C#N)c2)cc1OC. The fraction of sp³-hybridized carbons (Fsp3) is 0.227. The first-order chi connectivity index (χ1) is 14.0. The second kappa shape index (κ2) is 8.93. The monoisotopic (exact) mass is 454 g/mol.